The number of piperidine rings is 1. The Morgan fingerprint density at radius 3 is 2.44 bits per heavy atom. The van der Waals surface area contributed by atoms with Crippen LogP contribution < -0.4 is 21.3 Å². The minimum atomic E-state index is -0.720. The number of carbonyl (C=O) groups is 1. The van der Waals surface area contributed by atoms with E-state index in [9.17, 15) is 14.4 Å². The first-order chi connectivity index (χ1) is 16.5. The van der Waals surface area contributed by atoms with Gasteiger partial charge in [0.15, 0.2) is 0 Å². The third kappa shape index (κ3) is 6.45. The number of amides is 1. The molecule has 8 nitrogen and oxygen atoms in total. The van der Waals surface area contributed by atoms with Crippen LogP contribution in [0.25, 0.3) is 0 Å². The smallest absolute Gasteiger partial charge is 0.326 e. The van der Waals surface area contributed by atoms with Gasteiger partial charge in [0, 0.05) is 12.6 Å². The highest BCUT2D eigenvalue weighted by Crippen LogP contribution is 2.28. The van der Waals surface area contributed by atoms with Crippen molar-refractivity contribution in [3.63, 3.8) is 0 Å². The summed E-state index contributed by atoms with van der Waals surface area (Å²) in [6.45, 7) is 5.17. The lowest BCUT2D eigenvalue weighted by Crippen LogP contribution is -2.36. The Balaban J connectivity index is 1.21. The van der Waals surface area contributed by atoms with Gasteiger partial charge in [-0.25, -0.2) is 4.79 Å². The molecule has 2 aromatic carbocycles. The number of aromatic nitrogens is 2. The second-order valence-corrected chi connectivity index (χ2v) is 8.74. The number of nitrogens with zero attached hydrogens (tertiary/aromatic N) is 1. The molecule has 0 spiro atoms. The van der Waals surface area contributed by atoms with Crippen LogP contribution in [0.1, 0.15) is 47.3 Å². The zero-order chi connectivity index (χ0) is 23.9. The zero-order valence-electron chi connectivity index (χ0n) is 19.3. The second kappa shape index (κ2) is 11.0. The van der Waals surface area contributed by atoms with Crippen LogP contribution in [0.5, 0.6) is 5.75 Å². The van der Waals surface area contributed by atoms with Crippen molar-refractivity contribution in [2.75, 3.05) is 19.6 Å². The number of benzene rings is 2. The molecule has 0 saturated carbocycles. The number of hydrogen-bond donors (Lipinski definition) is 3. The summed E-state index contributed by atoms with van der Waals surface area (Å²) in [6.07, 6.45) is 2.07. The average molecular weight is 463 g/mol. The molecule has 4 rings (SSSR count). The second-order valence-electron chi connectivity index (χ2n) is 8.74. The van der Waals surface area contributed by atoms with Crippen molar-refractivity contribution in [1.29, 1.82) is 0 Å². The third-order valence-electron chi connectivity index (χ3n) is 6.08. The molecule has 0 unspecified atom stereocenters. The minimum absolute atomic E-state index is 0.0851. The summed E-state index contributed by atoms with van der Waals surface area (Å²) in [6, 6.07) is 19.9. The molecule has 178 valence electrons. The van der Waals surface area contributed by atoms with Crippen LogP contribution in [-0.2, 0) is 6.54 Å². The van der Waals surface area contributed by atoms with E-state index in [1.807, 2.05) is 24.0 Å². The summed E-state index contributed by atoms with van der Waals surface area (Å²) in [5.74, 6) is 0.834. The first-order valence-electron chi connectivity index (χ1n) is 11.6. The molecular weight excluding hydrogens is 432 g/mol. The fraction of sp³-hybridized carbons (Fsp3) is 0.346. The van der Waals surface area contributed by atoms with Gasteiger partial charge >= 0.3 is 5.69 Å². The Morgan fingerprint density at radius 1 is 1.06 bits per heavy atom. The van der Waals surface area contributed by atoms with E-state index in [0.29, 0.717) is 5.92 Å². The van der Waals surface area contributed by atoms with Crippen molar-refractivity contribution in [2.45, 2.75) is 38.3 Å². The highest BCUT2D eigenvalue weighted by Gasteiger charge is 2.20. The fourth-order valence-electron chi connectivity index (χ4n) is 4.28. The van der Waals surface area contributed by atoms with Gasteiger partial charge in [0.25, 0.3) is 11.5 Å². The Kier molecular flexibility index (Phi) is 7.59. The largest absolute Gasteiger partial charge is 0.489 e. The Hall–Kier alpha value is -3.65. The molecule has 1 fully saturated rings. The van der Waals surface area contributed by atoms with E-state index in [-0.39, 0.29) is 18.3 Å². The van der Waals surface area contributed by atoms with Crippen LogP contribution in [-0.4, -0.2) is 46.5 Å². The highest BCUT2D eigenvalue weighted by atomic mass is 16.5. The third-order valence-corrected chi connectivity index (χ3v) is 6.08. The minimum Gasteiger partial charge on any atom is -0.489 e. The van der Waals surface area contributed by atoms with Crippen molar-refractivity contribution in [3.05, 3.63) is 98.3 Å². The van der Waals surface area contributed by atoms with Crippen molar-refractivity contribution in [2.24, 2.45) is 0 Å². The molecule has 2 heterocycles. The number of H-pyrrole nitrogens is 2. The maximum absolute atomic E-state index is 12.1. The van der Waals surface area contributed by atoms with Gasteiger partial charge in [-0.1, -0.05) is 42.5 Å². The summed E-state index contributed by atoms with van der Waals surface area (Å²) in [5, 5.41) is 2.66. The summed E-state index contributed by atoms with van der Waals surface area (Å²) >= 11 is 0. The number of nitrogens with one attached hydrogen (secondary N) is 3. The number of rotatable bonds is 8. The highest BCUT2D eigenvalue weighted by molar-refractivity contribution is 5.92. The molecule has 0 bridgehead atoms. The molecule has 0 radical (unpaired) electrons. The molecule has 3 aromatic rings. The standard InChI is InChI=1S/C26H30N4O4/c1-18(16-27-25(32)23-15-24(31)29-26(33)28-23)34-22-9-7-19(8-10-22)17-30-13-11-21(12-14-30)20-5-3-2-4-6-20/h2-10,15,18,21H,11-14,16-17H2,1H3,(H,27,32)(H2,28,29,31,33)/t18-/m1/s1. The van der Waals surface area contributed by atoms with Crippen LogP contribution in [0.15, 0.2) is 70.3 Å². The molecule has 1 aliphatic rings. The van der Waals surface area contributed by atoms with E-state index in [1.54, 1.807) is 0 Å². The van der Waals surface area contributed by atoms with Crippen LogP contribution >= 0.6 is 0 Å². The molecule has 1 aromatic heterocycles. The van der Waals surface area contributed by atoms with Gasteiger partial charge in [0.05, 0.1) is 6.54 Å². The summed E-state index contributed by atoms with van der Waals surface area (Å²) < 4.78 is 5.89. The normalized spacial score (nSPS) is 15.6. The molecule has 1 atom stereocenters. The Morgan fingerprint density at radius 2 is 1.76 bits per heavy atom. The molecule has 1 aliphatic heterocycles. The average Bonchev–Trinajstić information content (AvgIpc) is 2.84. The summed E-state index contributed by atoms with van der Waals surface area (Å²) in [7, 11) is 0. The quantitative estimate of drug-likeness (QED) is 0.477. The van der Waals surface area contributed by atoms with E-state index in [1.165, 1.54) is 24.0 Å². The van der Waals surface area contributed by atoms with E-state index in [0.717, 1.165) is 31.5 Å². The fourth-order valence-corrected chi connectivity index (χ4v) is 4.28. The number of hydrogen-bond acceptors (Lipinski definition) is 5. The molecule has 0 aliphatic carbocycles. The molecule has 3 N–H and O–H groups in total. The molecular formula is C26H30N4O4. The first kappa shape index (κ1) is 23.5. The number of aromatic amines is 2. The SMILES string of the molecule is C[C@H](CNC(=O)c1cc(=O)[nH]c(=O)[nH]1)Oc1ccc(CN2CCC(c3ccccc3)CC2)cc1. The van der Waals surface area contributed by atoms with Crippen molar-refractivity contribution in [3.8, 4) is 5.75 Å². The Bertz CT molecular complexity index is 1170. The van der Waals surface area contributed by atoms with Gasteiger partial charge < -0.3 is 15.0 Å². The van der Waals surface area contributed by atoms with E-state index in [2.05, 4.69) is 57.7 Å². The van der Waals surface area contributed by atoms with Gasteiger partial charge in [0.2, 0.25) is 0 Å². The zero-order valence-corrected chi connectivity index (χ0v) is 19.3. The summed E-state index contributed by atoms with van der Waals surface area (Å²) in [5.41, 5.74) is 1.25. The topological polar surface area (TPSA) is 107 Å². The lowest BCUT2D eigenvalue weighted by Gasteiger charge is -2.32. The van der Waals surface area contributed by atoms with Crippen molar-refractivity contribution >= 4 is 5.91 Å². The van der Waals surface area contributed by atoms with Crippen LogP contribution in [0.4, 0.5) is 0 Å². The molecule has 34 heavy (non-hydrogen) atoms. The van der Waals surface area contributed by atoms with Crippen LogP contribution in [0.3, 0.4) is 0 Å². The van der Waals surface area contributed by atoms with Gasteiger partial charge in [-0.3, -0.25) is 19.5 Å². The van der Waals surface area contributed by atoms with Gasteiger partial charge in [-0.05, 0) is 62.0 Å². The summed E-state index contributed by atoms with van der Waals surface area (Å²) in [4.78, 5) is 41.6. The number of carbonyl (C=O) groups excluding carboxylic acids is 1. The van der Waals surface area contributed by atoms with E-state index in [4.69, 9.17) is 4.74 Å². The maximum Gasteiger partial charge on any atom is 0.326 e. The molecule has 1 amide bonds. The van der Waals surface area contributed by atoms with Gasteiger partial charge in [0.1, 0.15) is 17.5 Å². The lowest BCUT2D eigenvalue weighted by molar-refractivity contribution is 0.0926. The predicted molar refractivity (Wildman–Crippen MR) is 130 cm³/mol. The Labute approximate surface area is 198 Å². The first-order valence-corrected chi connectivity index (χ1v) is 11.6. The lowest BCUT2D eigenvalue weighted by atomic mass is 9.89. The van der Waals surface area contributed by atoms with Crippen molar-refractivity contribution < 1.29 is 9.53 Å². The maximum atomic E-state index is 12.1. The predicted octanol–water partition coefficient (Wildman–Crippen LogP) is 2.64. The molecule has 8 heteroatoms. The van der Waals surface area contributed by atoms with Gasteiger partial charge in [-0.2, -0.15) is 0 Å². The molecule has 1 saturated heterocycles. The number of ether oxygens (including phenoxy) is 1. The monoisotopic (exact) mass is 462 g/mol. The van der Waals surface area contributed by atoms with E-state index < -0.39 is 17.2 Å². The van der Waals surface area contributed by atoms with Crippen LogP contribution in [0, 0.1) is 0 Å². The number of likely N-dealkylation sites (tertiary alicyclic amines) is 1. The van der Waals surface area contributed by atoms with E-state index >= 15 is 0 Å². The van der Waals surface area contributed by atoms with Crippen molar-refractivity contribution in [1.82, 2.24) is 20.2 Å². The van der Waals surface area contributed by atoms with Gasteiger partial charge in [-0.15, -0.1) is 0 Å². The van der Waals surface area contributed by atoms with Crippen LogP contribution in [0.2, 0.25) is 0 Å².